The van der Waals surface area contributed by atoms with Gasteiger partial charge in [0.2, 0.25) is 0 Å². The third-order valence-electron chi connectivity index (χ3n) is 4.30. The van der Waals surface area contributed by atoms with E-state index in [0.29, 0.717) is 12.1 Å². The molecule has 27 heavy (non-hydrogen) atoms. The number of rotatable bonds is 4. The normalized spacial score (nSPS) is 18.1. The summed E-state index contributed by atoms with van der Waals surface area (Å²) >= 11 is 0. The monoisotopic (exact) mass is 387 g/mol. The van der Waals surface area contributed by atoms with Gasteiger partial charge in [0, 0.05) is 23.5 Å². The third kappa shape index (κ3) is 4.91. The molecule has 8 heteroatoms. The van der Waals surface area contributed by atoms with Gasteiger partial charge in [-0.15, -0.1) is 0 Å². The van der Waals surface area contributed by atoms with Crippen molar-refractivity contribution in [3.63, 3.8) is 0 Å². The van der Waals surface area contributed by atoms with Gasteiger partial charge in [0.1, 0.15) is 5.69 Å². The largest absolute Gasteiger partial charge is 0.348 e. The average molecular weight is 387 g/mol. The van der Waals surface area contributed by atoms with E-state index in [9.17, 15) is 18.0 Å². The molecule has 0 aliphatic carbocycles. The Kier molecular flexibility index (Phi) is 5.27. The number of amides is 2. The Balaban J connectivity index is 1.71. The van der Waals surface area contributed by atoms with Crippen molar-refractivity contribution >= 4 is 27.3 Å². The van der Waals surface area contributed by atoms with E-state index in [-0.39, 0.29) is 22.8 Å². The molecule has 142 valence electrons. The maximum absolute atomic E-state index is 12.5. The molecule has 1 fully saturated rings. The van der Waals surface area contributed by atoms with Crippen LogP contribution in [0, 0.1) is 13.8 Å². The number of sulfone groups is 1. The fraction of sp³-hybridized carbons (Fsp3) is 0.316. The van der Waals surface area contributed by atoms with Crippen molar-refractivity contribution in [2.24, 2.45) is 0 Å². The minimum atomic E-state index is -3.08. The Morgan fingerprint density at radius 3 is 2.41 bits per heavy atom. The number of nitrogens with zero attached hydrogens (tertiary/aromatic N) is 1. The topological polar surface area (TPSA) is 105 Å². The maximum atomic E-state index is 12.5. The van der Waals surface area contributed by atoms with Crippen LogP contribution >= 0.6 is 0 Å². The summed E-state index contributed by atoms with van der Waals surface area (Å²) in [7, 11) is -3.08. The third-order valence-corrected chi connectivity index (χ3v) is 6.07. The molecule has 1 aliphatic heterocycles. The Morgan fingerprint density at radius 1 is 1.07 bits per heavy atom. The van der Waals surface area contributed by atoms with E-state index < -0.39 is 27.7 Å². The molecule has 2 heterocycles. The molecular weight excluding hydrogens is 366 g/mol. The molecule has 0 radical (unpaired) electrons. The van der Waals surface area contributed by atoms with Gasteiger partial charge in [-0.3, -0.25) is 14.6 Å². The minimum Gasteiger partial charge on any atom is -0.348 e. The number of carbonyl (C=O) groups excluding carboxylic acids is 2. The number of pyridine rings is 1. The van der Waals surface area contributed by atoms with Gasteiger partial charge in [0.25, 0.3) is 11.8 Å². The highest BCUT2D eigenvalue weighted by Crippen LogP contribution is 2.15. The molecule has 0 saturated carbocycles. The lowest BCUT2D eigenvalue weighted by molar-refractivity contribution is 0.0941. The van der Waals surface area contributed by atoms with E-state index in [4.69, 9.17) is 0 Å². The zero-order valence-electron chi connectivity index (χ0n) is 15.2. The van der Waals surface area contributed by atoms with Crippen molar-refractivity contribution in [3.8, 4) is 0 Å². The lowest BCUT2D eigenvalue weighted by Gasteiger charge is -2.11. The molecule has 2 N–H and O–H groups in total. The molecule has 7 nitrogen and oxygen atoms in total. The van der Waals surface area contributed by atoms with Crippen molar-refractivity contribution in [1.82, 2.24) is 10.3 Å². The number of aryl methyl sites for hydroxylation is 2. The zero-order valence-corrected chi connectivity index (χ0v) is 16.0. The molecule has 1 aromatic heterocycles. The number of anilines is 1. The van der Waals surface area contributed by atoms with Crippen molar-refractivity contribution in [1.29, 1.82) is 0 Å². The molecule has 1 aromatic carbocycles. The molecule has 2 amide bonds. The second-order valence-corrected chi connectivity index (χ2v) is 9.06. The summed E-state index contributed by atoms with van der Waals surface area (Å²) in [5.74, 6) is -0.806. The number of nitrogens with one attached hydrogen (secondary N) is 2. The van der Waals surface area contributed by atoms with Crippen LogP contribution in [-0.2, 0) is 9.84 Å². The molecule has 1 saturated heterocycles. The summed E-state index contributed by atoms with van der Waals surface area (Å²) in [6, 6.07) is 8.19. The van der Waals surface area contributed by atoms with E-state index in [2.05, 4.69) is 15.6 Å². The highest BCUT2D eigenvalue weighted by atomic mass is 32.2. The van der Waals surface area contributed by atoms with E-state index in [1.807, 2.05) is 32.0 Å². The number of carbonyl (C=O) groups is 2. The SMILES string of the molecule is Cc1cc(C)cc(NC(=O)c2cc(C(=O)NC3CCS(=O)(=O)C3)ccn2)c1. The lowest BCUT2D eigenvalue weighted by atomic mass is 10.1. The molecule has 0 bridgehead atoms. The Labute approximate surface area is 158 Å². The molecule has 2 aromatic rings. The van der Waals surface area contributed by atoms with Crippen LogP contribution in [0.1, 0.15) is 38.4 Å². The second-order valence-electron chi connectivity index (χ2n) is 6.83. The van der Waals surface area contributed by atoms with Gasteiger partial charge >= 0.3 is 0 Å². The van der Waals surface area contributed by atoms with Crippen LogP contribution in [-0.4, -0.2) is 42.8 Å². The van der Waals surface area contributed by atoms with Crippen molar-refractivity contribution in [2.45, 2.75) is 26.3 Å². The molecule has 1 atom stereocenters. The zero-order chi connectivity index (χ0) is 19.6. The summed E-state index contributed by atoms with van der Waals surface area (Å²) in [6.07, 6.45) is 1.79. The van der Waals surface area contributed by atoms with Gasteiger partial charge in [-0.05, 0) is 55.7 Å². The smallest absolute Gasteiger partial charge is 0.274 e. The van der Waals surface area contributed by atoms with E-state index >= 15 is 0 Å². The Morgan fingerprint density at radius 2 is 1.78 bits per heavy atom. The van der Waals surface area contributed by atoms with Gasteiger partial charge in [0.15, 0.2) is 9.84 Å². The van der Waals surface area contributed by atoms with Gasteiger partial charge in [0.05, 0.1) is 11.5 Å². The quantitative estimate of drug-likeness (QED) is 0.833. The van der Waals surface area contributed by atoms with Crippen molar-refractivity contribution < 1.29 is 18.0 Å². The second kappa shape index (κ2) is 7.48. The summed E-state index contributed by atoms with van der Waals surface area (Å²) < 4.78 is 23.0. The Hall–Kier alpha value is -2.74. The van der Waals surface area contributed by atoms with Crippen LogP contribution in [0.5, 0.6) is 0 Å². The summed E-state index contributed by atoms with van der Waals surface area (Å²) in [4.78, 5) is 28.9. The first-order valence-corrected chi connectivity index (χ1v) is 10.4. The molecule has 1 unspecified atom stereocenters. The van der Waals surface area contributed by atoms with Crippen molar-refractivity contribution in [3.05, 3.63) is 58.9 Å². The van der Waals surface area contributed by atoms with Crippen LogP contribution < -0.4 is 10.6 Å². The highest BCUT2D eigenvalue weighted by molar-refractivity contribution is 7.91. The average Bonchev–Trinajstić information content (AvgIpc) is 2.92. The maximum Gasteiger partial charge on any atom is 0.274 e. The van der Waals surface area contributed by atoms with E-state index in [1.54, 1.807) is 0 Å². The lowest BCUT2D eigenvalue weighted by Crippen LogP contribution is -2.35. The number of aromatic nitrogens is 1. The first-order valence-electron chi connectivity index (χ1n) is 8.59. The van der Waals surface area contributed by atoms with E-state index in [0.717, 1.165) is 11.1 Å². The Bertz CT molecular complexity index is 982. The van der Waals surface area contributed by atoms with Crippen LogP contribution in [0.4, 0.5) is 5.69 Å². The molecule has 0 spiro atoms. The van der Waals surface area contributed by atoms with Crippen molar-refractivity contribution in [2.75, 3.05) is 16.8 Å². The number of hydrogen-bond acceptors (Lipinski definition) is 5. The molecular formula is C19H21N3O4S. The first-order chi connectivity index (χ1) is 12.7. The molecule has 1 aliphatic rings. The predicted octanol–water partition coefficient (Wildman–Crippen LogP) is 1.87. The summed E-state index contributed by atoms with van der Waals surface area (Å²) in [5.41, 5.74) is 3.09. The first kappa shape index (κ1) is 19.0. The molecule has 3 rings (SSSR count). The summed E-state index contributed by atoms with van der Waals surface area (Å²) in [6.45, 7) is 3.88. The van der Waals surface area contributed by atoms with Crippen LogP contribution in [0.15, 0.2) is 36.5 Å². The van der Waals surface area contributed by atoms with Crippen LogP contribution in [0.25, 0.3) is 0 Å². The van der Waals surface area contributed by atoms with Crippen LogP contribution in [0.3, 0.4) is 0 Å². The van der Waals surface area contributed by atoms with Crippen LogP contribution in [0.2, 0.25) is 0 Å². The van der Waals surface area contributed by atoms with Gasteiger partial charge in [-0.1, -0.05) is 6.07 Å². The standard InChI is InChI=1S/C19H21N3O4S/c1-12-7-13(2)9-16(8-12)22-19(24)17-10-14(3-5-20-17)18(23)21-15-4-6-27(25,26)11-15/h3,5,7-10,15H,4,6,11H2,1-2H3,(H,21,23)(H,22,24). The highest BCUT2D eigenvalue weighted by Gasteiger charge is 2.29. The van der Waals surface area contributed by atoms with E-state index in [1.165, 1.54) is 18.3 Å². The van der Waals surface area contributed by atoms with Gasteiger partial charge < -0.3 is 10.6 Å². The minimum absolute atomic E-state index is 0.0517. The van der Waals surface area contributed by atoms with Gasteiger partial charge in [-0.25, -0.2) is 8.42 Å². The fourth-order valence-electron chi connectivity index (χ4n) is 3.12. The number of benzene rings is 1. The summed E-state index contributed by atoms with van der Waals surface area (Å²) in [5, 5.41) is 5.48. The number of hydrogen-bond donors (Lipinski definition) is 2. The van der Waals surface area contributed by atoms with Gasteiger partial charge in [-0.2, -0.15) is 0 Å². The fourth-order valence-corrected chi connectivity index (χ4v) is 4.79. The predicted molar refractivity (Wildman–Crippen MR) is 103 cm³/mol.